The van der Waals surface area contributed by atoms with Gasteiger partial charge in [-0.25, -0.2) is 28.7 Å². The molecule has 182 valence electrons. The van der Waals surface area contributed by atoms with Gasteiger partial charge in [-0.15, -0.1) is 0 Å². The molecule has 4 heterocycles. The summed E-state index contributed by atoms with van der Waals surface area (Å²) >= 11 is 0. The Morgan fingerprint density at radius 2 is 1.78 bits per heavy atom. The van der Waals surface area contributed by atoms with Gasteiger partial charge in [-0.2, -0.15) is 0 Å². The second-order valence-corrected chi connectivity index (χ2v) is 9.36. The number of hydrogen-bond donors (Lipinski definition) is 0. The van der Waals surface area contributed by atoms with Gasteiger partial charge in [-0.05, 0) is 44.5 Å². The molecule has 0 radical (unpaired) electrons. The highest BCUT2D eigenvalue weighted by Gasteiger charge is 2.35. The van der Waals surface area contributed by atoms with Gasteiger partial charge in [0.15, 0.2) is 11.5 Å². The molecule has 4 aromatic rings. The standard InChI is InChI=1S/C27H24F2N6O/c1-15-16(2)31-27-25(30-15)24(21-8-6-18(28)13-22(21)29)32-26(33-27)17-4-3-5-19(12-17)34-10-11-35-20(14-34)7-9-23(35)36/h3-6,8,12-13,20H,7,9-11,14H2,1-2H3. The highest BCUT2D eigenvalue weighted by Crippen LogP contribution is 2.32. The third-order valence-electron chi connectivity index (χ3n) is 7.09. The van der Waals surface area contributed by atoms with Crippen LogP contribution in [0, 0.1) is 25.5 Å². The zero-order chi connectivity index (χ0) is 25.0. The first-order valence-electron chi connectivity index (χ1n) is 12.0. The van der Waals surface area contributed by atoms with Crippen LogP contribution in [0.5, 0.6) is 0 Å². The van der Waals surface area contributed by atoms with E-state index in [9.17, 15) is 13.6 Å². The number of aryl methyl sites for hydroxylation is 2. The average molecular weight is 487 g/mol. The van der Waals surface area contributed by atoms with Crippen LogP contribution in [0.2, 0.25) is 0 Å². The molecule has 1 unspecified atom stereocenters. The second-order valence-electron chi connectivity index (χ2n) is 9.36. The first kappa shape index (κ1) is 22.5. The minimum Gasteiger partial charge on any atom is -0.368 e. The van der Waals surface area contributed by atoms with Crippen molar-refractivity contribution in [2.24, 2.45) is 0 Å². The number of hydrogen-bond acceptors (Lipinski definition) is 6. The van der Waals surface area contributed by atoms with E-state index in [1.807, 2.05) is 43.0 Å². The largest absolute Gasteiger partial charge is 0.368 e. The van der Waals surface area contributed by atoms with E-state index in [1.165, 1.54) is 12.1 Å². The molecule has 9 heteroatoms. The number of benzene rings is 2. The lowest BCUT2D eigenvalue weighted by Crippen LogP contribution is -2.51. The molecule has 2 aromatic carbocycles. The van der Waals surface area contributed by atoms with Crippen LogP contribution < -0.4 is 4.90 Å². The van der Waals surface area contributed by atoms with Crippen molar-refractivity contribution in [1.29, 1.82) is 0 Å². The molecule has 1 amide bonds. The maximum Gasteiger partial charge on any atom is 0.223 e. The molecule has 0 N–H and O–H groups in total. The summed E-state index contributed by atoms with van der Waals surface area (Å²) in [6, 6.07) is 11.5. The number of nitrogens with zero attached hydrogens (tertiary/aromatic N) is 6. The van der Waals surface area contributed by atoms with Crippen LogP contribution in [0.4, 0.5) is 14.5 Å². The van der Waals surface area contributed by atoms with Crippen LogP contribution in [0.1, 0.15) is 24.2 Å². The number of anilines is 1. The number of rotatable bonds is 3. The number of fused-ring (bicyclic) bond motifs is 2. The number of carbonyl (C=O) groups excluding carboxylic acids is 1. The summed E-state index contributed by atoms with van der Waals surface area (Å²) in [6.07, 6.45) is 1.50. The normalized spacial score (nSPS) is 17.7. The molecule has 2 aliphatic rings. The third kappa shape index (κ3) is 3.84. The van der Waals surface area contributed by atoms with E-state index >= 15 is 0 Å². The van der Waals surface area contributed by atoms with Crippen LogP contribution in [-0.2, 0) is 4.79 Å². The zero-order valence-corrected chi connectivity index (χ0v) is 20.0. The SMILES string of the molecule is Cc1nc2nc(-c3cccc(N4CCN5C(=O)CCC5C4)c3)nc(-c3ccc(F)cc3F)c2nc1C. The molecule has 2 fully saturated rings. The van der Waals surface area contributed by atoms with E-state index in [1.54, 1.807) is 0 Å². The molecule has 36 heavy (non-hydrogen) atoms. The Kier molecular flexibility index (Phi) is 5.35. The van der Waals surface area contributed by atoms with Crippen LogP contribution in [0.25, 0.3) is 33.8 Å². The van der Waals surface area contributed by atoms with Crippen molar-refractivity contribution in [2.75, 3.05) is 24.5 Å². The maximum absolute atomic E-state index is 14.8. The Labute approximate surface area is 206 Å². The van der Waals surface area contributed by atoms with E-state index in [-0.39, 0.29) is 23.2 Å². The fourth-order valence-corrected chi connectivity index (χ4v) is 5.05. The lowest BCUT2D eigenvalue weighted by atomic mass is 10.1. The molecule has 2 saturated heterocycles. The Morgan fingerprint density at radius 3 is 2.61 bits per heavy atom. The first-order chi connectivity index (χ1) is 17.4. The molecular formula is C27H24F2N6O. The summed E-state index contributed by atoms with van der Waals surface area (Å²) < 4.78 is 28.5. The summed E-state index contributed by atoms with van der Waals surface area (Å²) in [5, 5.41) is 0. The summed E-state index contributed by atoms with van der Waals surface area (Å²) in [4.78, 5) is 34.9. The molecule has 6 rings (SSSR count). The molecule has 2 aromatic heterocycles. The molecule has 0 aliphatic carbocycles. The van der Waals surface area contributed by atoms with E-state index in [2.05, 4.69) is 19.9 Å². The minimum absolute atomic E-state index is 0.140. The number of carbonyl (C=O) groups is 1. The van der Waals surface area contributed by atoms with Gasteiger partial charge in [-0.3, -0.25) is 4.79 Å². The van der Waals surface area contributed by atoms with Crippen molar-refractivity contribution in [3.05, 3.63) is 65.5 Å². The molecule has 0 spiro atoms. The minimum atomic E-state index is -0.723. The molecule has 1 atom stereocenters. The van der Waals surface area contributed by atoms with Crippen molar-refractivity contribution in [1.82, 2.24) is 24.8 Å². The quantitative estimate of drug-likeness (QED) is 0.426. The van der Waals surface area contributed by atoms with E-state index in [0.717, 1.165) is 42.5 Å². The number of amides is 1. The summed E-state index contributed by atoms with van der Waals surface area (Å²) in [5.74, 6) is -0.760. The average Bonchev–Trinajstić information content (AvgIpc) is 3.24. The second kappa shape index (κ2) is 8.58. The molecule has 7 nitrogen and oxygen atoms in total. The lowest BCUT2D eigenvalue weighted by molar-refractivity contribution is -0.129. The summed E-state index contributed by atoms with van der Waals surface area (Å²) in [6.45, 7) is 5.91. The van der Waals surface area contributed by atoms with E-state index in [0.29, 0.717) is 35.6 Å². The highest BCUT2D eigenvalue weighted by molar-refractivity contribution is 5.89. The van der Waals surface area contributed by atoms with Crippen molar-refractivity contribution < 1.29 is 13.6 Å². The van der Waals surface area contributed by atoms with Crippen molar-refractivity contribution in [2.45, 2.75) is 32.7 Å². The third-order valence-corrected chi connectivity index (χ3v) is 7.09. The van der Waals surface area contributed by atoms with Gasteiger partial charge in [0.1, 0.15) is 22.8 Å². The maximum atomic E-state index is 14.8. The lowest BCUT2D eigenvalue weighted by Gasteiger charge is -2.39. The topological polar surface area (TPSA) is 75.1 Å². The predicted octanol–water partition coefficient (Wildman–Crippen LogP) is 4.46. The Bertz CT molecular complexity index is 1520. The fourth-order valence-electron chi connectivity index (χ4n) is 5.05. The summed E-state index contributed by atoms with van der Waals surface area (Å²) in [7, 11) is 0. The van der Waals surface area contributed by atoms with Crippen molar-refractivity contribution in [3.63, 3.8) is 0 Å². The molecule has 0 saturated carbocycles. The van der Waals surface area contributed by atoms with Crippen LogP contribution >= 0.6 is 0 Å². The molecule has 0 bridgehead atoms. The van der Waals surface area contributed by atoms with Crippen LogP contribution in [0.3, 0.4) is 0 Å². The monoisotopic (exact) mass is 486 g/mol. The van der Waals surface area contributed by atoms with Gasteiger partial charge in [0.05, 0.1) is 11.4 Å². The van der Waals surface area contributed by atoms with Gasteiger partial charge in [-0.1, -0.05) is 12.1 Å². The van der Waals surface area contributed by atoms with Gasteiger partial charge >= 0.3 is 0 Å². The van der Waals surface area contributed by atoms with E-state index < -0.39 is 11.6 Å². The van der Waals surface area contributed by atoms with Gasteiger partial charge < -0.3 is 9.80 Å². The Balaban J connectivity index is 1.44. The zero-order valence-electron chi connectivity index (χ0n) is 20.0. The molecular weight excluding hydrogens is 462 g/mol. The smallest absolute Gasteiger partial charge is 0.223 e. The predicted molar refractivity (Wildman–Crippen MR) is 132 cm³/mol. The fraction of sp³-hybridized carbons (Fsp3) is 0.296. The van der Waals surface area contributed by atoms with Gasteiger partial charge in [0.25, 0.3) is 0 Å². The molecule has 2 aliphatic heterocycles. The first-order valence-corrected chi connectivity index (χ1v) is 12.0. The Morgan fingerprint density at radius 1 is 0.944 bits per heavy atom. The van der Waals surface area contributed by atoms with Crippen molar-refractivity contribution in [3.8, 4) is 22.6 Å². The number of piperazine rings is 1. The van der Waals surface area contributed by atoms with E-state index in [4.69, 9.17) is 4.98 Å². The highest BCUT2D eigenvalue weighted by atomic mass is 19.1. The number of aromatic nitrogens is 4. The van der Waals surface area contributed by atoms with Gasteiger partial charge in [0.2, 0.25) is 5.91 Å². The Hall–Kier alpha value is -4.01. The van der Waals surface area contributed by atoms with Crippen LogP contribution in [-0.4, -0.2) is 56.4 Å². The summed E-state index contributed by atoms with van der Waals surface area (Å²) in [5.41, 5.74) is 4.30. The van der Waals surface area contributed by atoms with Crippen molar-refractivity contribution >= 4 is 22.8 Å². The van der Waals surface area contributed by atoms with Gasteiger partial charge in [0, 0.05) is 55.0 Å². The van der Waals surface area contributed by atoms with Crippen LogP contribution in [0.15, 0.2) is 42.5 Å². The number of halogens is 2.